The summed E-state index contributed by atoms with van der Waals surface area (Å²) < 4.78 is 10.2. The van der Waals surface area contributed by atoms with E-state index in [1.54, 1.807) is 25.5 Å². The number of nitrogens with zero attached hydrogens (tertiary/aromatic N) is 1. The summed E-state index contributed by atoms with van der Waals surface area (Å²) in [4.78, 5) is 16.8. The third kappa shape index (κ3) is 2.90. The van der Waals surface area contributed by atoms with Crippen LogP contribution in [0.2, 0.25) is 0 Å². The SMILES string of the molecule is CCOC(=O)c1ccnc(Sc2ccoc2C)c1N. The van der Waals surface area contributed by atoms with E-state index in [1.807, 2.05) is 13.0 Å². The second-order valence-corrected chi connectivity index (χ2v) is 4.77. The third-order valence-corrected chi connectivity index (χ3v) is 3.63. The zero-order valence-electron chi connectivity index (χ0n) is 10.7. The van der Waals surface area contributed by atoms with Crippen molar-refractivity contribution in [1.29, 1.82) is 0 Å². The fraction of sp³-hybridized carbons (Fsp3) is 0.231. The normalized spacial score (nSPS) is 10.4. The van der Waals surface area contributed by atoms with Gasteiger partial charge in [0.1, 0.15) is 10.8 Å². The second-order valence-electron chi connectivity index (χ2n) is 3.74. The van der Waals surface area contributed by atoms with E-state index < -0.39 is 5.97 Å². The highest BCUT2D eigenvalue weighted by atomic mass is 32.2. The maximum atomic E-state index is 11.7. The first kappa shape index (κ1) is 13.5. The number of hydrogen-bond donors (Lipinski definition) is 1. The molecule has 2 aromatic rings. The molecule has 19 heavy (non-hydrogen) atoms. The first-order chi connectivity index (χ1) is 9.13. The summed E-state index contributed by atoms with van der Waals surface area (Å²) in [5.41, 5.74) is 6.63. The molecule has 0 aliphatic carbocycles. The lowest BCUT2D eigenvalue weighted by atomic mass is 10.2. The highest BCUT2D eigenvalue weighted by Gasteiger charge is 2.16. The van der Waals surface area contributed by atoms with Gasteiger partial charge in [0.25, 0.3) is 0 Å². The molecule has 2 heterocycles. The van der Waals surface area contributed by atoms with Crippen molar-refractivity contribution in [2.24, 2.45) is 0 Å². The monoisotopic (exact) mass is 278 g/mol. The number of carbonyl (C=O) groups excluding carboxylic acids is 1. The molecule has 6 heteroatoms. The number of aromatic nitrogens is 1. The lowest BCUT2D eigenvalue weighted by molar-refractivity contribution is 0.0527. The molecule has 0 aromatic carbocycles. The second kappa shape index (κ2) is 5.79. The molecule has 0 spiro atoms. The van der Waals surface area contributed by atoms with E-state index in [0.29, 0.717) is 22.9 Å². The topological polar surface area (TPSA) is 78.3 Å². The van der Waals surface area contributed by atoms with E-state index in [4.69, 9.17) is 14.9 Å². The first-order valence-corrected chi connectivity index (χ1v) is 6.58. The largest absolute Gasteiger partial charge is 0.468 e. The molecule has 0 amide bonds. The average Bonchev–Trinajstić information content (AvgIpc) is 2.78. The van der Waals surface area contributed by atoms with Crippen LogP contribution in [-0.4, -0.2) is 17.6 Å². The van der Waals surface area contributed by atoms with Crippen molar-refractivity contribution in [3.05, 3.63) is 35.9 Å². The van der Waals surface area contributed by atoms with Gasteiger partial charge >= 0.3 is 5.97 Å². The molecule has 2 rings (SSSR count). The van der Waals surface area contributed by atoms with Gasteiger partial charge in [-0.1, -0.05) is 11.8 Å². The Morgan fingerprint density at radius 3 is 2.95 bits per heavy atom. The van der Waals surface area contributed by atoms with Gasteiger partial charge in [-0.15, -0.1) is 0 Å². The van der Waals surface area contributed by atoms with Gasteiger partial charge in [0.2, 0.25) is 0 Å². The molecule has 0 atom stereocenters. The lowest BCUT2D eigenvalue weighted by Crippen LogP contribution is -2.09. The Bertz CT molecular complexity index is 595. The molecule has 5 nitrogen and oxygen atoms in total. The number of hydrogen-bond acceptors (Lipinski definition) is 6. The van der Waals surface area contributed by atoms with Crippen molar-refractivity contribution >= 4 is 23.4 Å². The van der Waals surface area contributed by atoms with Gasteiger partial charge < -0.3 is 14.9 Å². The Morgan fingerprint density at radius 1 is 1.53 bits per heavy atom. The van der Waals surface area contributed by atoms with Crippen LogP contribution in [0.25, 0.3) is 0 Å². The van der Waals surface area contributed by atoms with Crippen LogP contribution in [0.4, 0.5) is 5.69 Å². The molecular formula is C13H14N2O3S. The minimum Gasteiger partial charge on any atom is -0.468 e. The van der Waals surface area contributed by atoms with Crippen LogP contribution in [0, 0.1) is 6.92 Å². The minimum atomic E-state index is -0.437. The number of ether oxygens (including phenoxy) is 1. The third-order valence-electron chi connectivity index (χ3n) is 2.47. The first-order valence-electron chi connectivity index (χ1n) is 5.77. The van der Waals surface area contributed by atoms with Crippen molar-refractivity contribution in [3.8, 4) is 0 Å². The summed E-state index contributed by atoms with van der Waals surface area (Å²) in [6.45, 7) is 3.91. The van der Waals surface area contributed by atoms with Gasteiger partial charge in [-0.05, 0) is 26.0 Å². The number of anilines is 1. The Kier molecular flexibility index (Phi) is 4.11. The Hall–Kier alpha value is -1.95. The van der Waals surface area contributed by atoms with Gasteiger partial charge in [0, 0.05) is 6.20 Å². The smallest absolute Gasteiger partial charge is 0.340 e. The van der Waals surface area contributed by atoms with Gasteiger partial charge in [-0.3, -0.25) is 0 Å². The van der Waals surface area contributed by atoms with E-state index in [2.05, 4.69) is 4.98 Å². The van der Waals surface area contributed by atoms with Crippen LogP contribution < -0.4 is 5.73 Å². The summed E-state index contributed by atoms with van der Waals surface area (Å²) in [7, 11) is 0. The molecular weight excluding hydrogens is 264 g/mol. The molecule has 0 unspecified atom stereocenters. The van der Waals surface area contributed by atoms with E-state index >= 15 is 0 Å². The quantitative estimate of drug-likeness (QED) is 0.866. The maximum absolute atomic E-state index is 11.7. The summed E-state index contributed by atoms with van der Waals surface area (Å²) in [5, 5.41) is 0.565. The van der Waals surface area contributed by atoms with Crippen LogP contribution in [-0.2, 0) is 4.74 Å². The number of aryl methyl sites for hydroxylation is 1. The Morgan fingerprint density at radius 2 is 2.32 bits per heavy atom. The van der Waals surface area contributed by atoms with E-state index in [9.17, 15) is 4.79 Å². The molecule has 0 bridgehead atoms. The predicted molar refractivity (Wildman–Crippen MR) is 72.2 cm³/mol. The van der Waals surface area contributed by atoms with Gasteiger partial charge in [0.05, 0.1) is 29.0 Å². The number of nitrogen functional groups attached to an aromatic ring is 1. The van der Waals surface area contributed by atoms with Crippen LogP contribution in [0.1, 0.15) is 23.0 Å². The van der Waals surface area contributed by atoms with Gasteiger partial charge in [-0.25, -0.2) is 9.78 Å². The summed E-state index contributed by atoms with van der Waals surface area (Å²) in [6.07, 6.45) is 3.14. The predicted octanol–water partition coefficient (Wildman–Crippen LogP) is 2.89. The average molecular weight is 278 g/mol. The standard InChI is InChI=1S/C13H14N2O3S/c1-3-17-13(16)9-4-6-15-12(11(9)14)19-10-5-7-18-8(10)2/h4-7H,3,14H2,1-2H3. The van der Waals surface area contributed by atoms with Gasteiger partial charge in [0.15, 0.2) is 0 Å². The molecule has 0 fully saturated rings. The summed E-state index contributed by atoms with van der Waals surface area (Å²) in [5.74, 6) is 0.348. The number of nitrogens with two attached hydrogens (primary N) is 1. The summed E-state index contributed by atoms with van der Waals surface area (Å²) >= 11 is 1.36. The molecule has 0 saturated heterocycles. The maximum Gasteiger partial charge on any atom is 0.340 e. The van der Waals surface area contributed by atoms with Crippen LogP contribution in [0.5, 0.6) is 0 Å². The van der Waals surface area contributed by atoms with E-state index in [0.717, 1.165) is 10.7 Å². The minimum absolute atomic E-state index is 0.309. The number of pyridine rings is 1. The fourth-order valence-corrected chi connectivity index (χ4v) is 2.36. The summed E-state index contributed by atoms with van der Waals surface area (Å²) in [6, 6.07) is 3.39. The van der Waals surface area contributed by atoms with Crippen molar-refractivity contribution in [2.75, 3.05) is 12.3 Å². The highest BCUT2D eigenvalue weighted by molar-refractivity contribution is 7.99. The van der Waals surface area contributed by atoms with Crippen LogP contribution in [0.15, 0.2) is 38.9 Å². The zero-order valence-corrected chi connectivity index (χ0v) is 11.5. The van der Waals surface area contributed by atoms with Crippen LogP contribution >= 0.6 is 11.8 Å². The van der Waals surface area contributed by atoms with Crippen molar-refractivity contribution in [3.63, 3.8) is 0 Å². The fourth-order valence-electron chi connectivity index (χ4n) is 1.51. The van der Waals surface area contributed by atoms with E-state index in [-0.39, 0.29) is 0 Å². The molecule has 2 aromatic heterocycles. The zero-order chi connectivity index (χ0) is 13.8. The van der Waals surface area contributed by atoms with Crippen molar-refractivity contribution in [2.45, 2.75) is 23.8 Å². The van der Waals surface area contributed by atoms with Crippen molar-refractivity contribution < 1.29 is 13.9 Å². The van der Waals surface area contributed by atoms with Gasteiger partial charge in [-0.2, -0.15) is 0 Å². The Labute approximate surface area is 115 Å². The van der Waals surface area contributed by atoms with Crippen LogP contribution in [0.3, 0.4) is 0 Å². The molecule has 0 saturated carbocycles. The lowest BCUT2D eigenvalue weighted by Gasteiger charge is -2.08. The Balaban J connectivity index is 2.30. The molecule has 0 radical (unpaired) electrons. The number of esters is 1. The number of furan rings is 1. The molecule has 2 N–H and O–H groups in total. The molecule has 0 aliphatic heterocycles. The van der Waals surface area contributed by atoms with Crippen molar-refractivity contribution in [1.82, 2.24) is 4.98 Å². The number of carbonyl (C=O) groups is 1. The number of rotatable bonds is 4. The molecule has 100 valence electrons. The highest BCUT2D eigenvalue weighted by Crippen LogP contribution is 2.34. The molecule has 0 aliphatic rings. The van der Waals surface area contributed by atoms with E-state index in [1.165, 1.54) is 11.8 Å².